The van der Waals surface area contributed by atoms with Gasteiger partial charge < -0.3 is 19.5 Å². The monoisotopic (exact) mass is 530 g/mol. The van der Waals surface area contributed by atoms with Crippen molar-refractivity contribution >= 4 is 32.5 Å². The predicted molar refractivity (Wildman–Crippen MR) is 144 cm³/mol. The van der Waals surface area contributed by atoms with Gasteiger partial charge in [-0.05, 0) is 80.8 Å². The summed E-state index contributed by atoms with van der Waals surface area (Å²) in [5, 5.41) is 1.77. The summed E-state index contributed by atoms with van der Waals surface area (Å²) in [6, 6.07) is 12.5. The summed E-state index contributed by atoms with van der Waals surface area (Å²) in [4.78, 5) is 8.41. The molecule has 2 aromatic carbocycles. The molecule has 7 nitrogen and oxygen atoms in total. The largest absolute Gasteiger partial charge is 0.493 e. The van der Waals surface area contributed by atoms with Gasteiger partial charge in [-0.1, -0.05) is 11.6 Å². The molecule has 1 saturated carbocycles. The molecule has 2 heterocycles. The Hall–Kier alpha value is -2.10. The maximum absolute atomic E-state index is 12.7. The number of hydrogen-bond acceptors (Lipinski definition) is 5. The van der Waals surface area contributed by atoms with Crippen molar-refractivity contribution in [2.24, 2.45) is 5.41 Å². The molecule has 3 aromatic rings. The van der Waals surface area contributed by atoms with Gasteiger partial charge in [-0.25, -0.2) is 13.1 Å². The predicted octanol–water partition coefficient (Wildman–Crippen LogP) is 4.14. The fraction of sp³-hybridized carbons (Fsp3) is 0.481. The smallest absolute Gasteiger partial charge is 0.240 e. The second-order valence-corrected chi connectivity index (χ2v) is 12.5. The lowest BCUT2D eigenvalue weighted by Gasteiger charge is -2.34. The van der Waals surface area contributed by atoms with E-state index >= 15 is 0 Å². The number of piperazine rings is 1. The Morgan fingerprint density at radius 2 is 1.83 bits per heavy atom. The van der Waals surface area contributed by atoms with Crippen LogP contribution < -0.4 is 9.46 Å². The number of hydrogen-bond donors (Lipinski definition) is 2. The molecule has 1 aliphatic carbocycles. The summed E-state index contributed by atoms with van der Waals surface area (Å²) in [6.45, 7) is 6.62. The number of ether oxygens (including phenoxy) is 1. The summed E-state index contributed by atoms with van der Waals surface area (Å²) in [5.41, 5.74) is 2.41. The van der Waals surface area contributed by atoms with Gasteiger partial charge in [-0.15, -0.1) is 0 Å². The molecule has 1 saturated heterocycles. The van der Waals surface area contributed by atoms with Gasteiger partial charge in [0.25, 0.3) is 0 Å². The third-order valence-electron chi connectivity index (χ3n) is 7.44. The number of sulfonamides is 1. The summed E-state index contributed by atoms with van der Waals surface area (Å²) < 4.78 is 34.3. The van der Waals surface area contributed by atoms with Gasteiger partial charge in [0.1, 0.15) is 5.75 Å². The van der Waals surface area contributed by atoms with Crippen molar-refractivity contribution in [3.8, 4) is 5.75 Å². The van der Waals surface area contributed by atoms with Crippen molar-refractivity contribution in [3.63, 3.8) is 0 Å². The van der Waals surface area contributed by atoms with E-state index in [1.807, 2.05) is 24.4 Å². The molecule has 2 N–H and O–H groups in total. The third-order valence-corrected chi connectivity index (χ3v) is 9.15. The number of aromatic nitrogens is 1. The Morgan fingerprint density at radius 1 is 1.08 bits per heavy atom. The van der Waals surface area contributed by atoms with E-state index in [1.165, 1.54) is 12.8 Å². The minimum absolute atomic E-state index is 0.248. The Labute approximate surface area is 218 Å². The summed E-state index contributed by atoms with van der Waals surface area (Å²) >= 11 is 6.12. The standard InChI is InChI=1S/C27H35ClN4O3S/c1-31-13-15-32(16-14-31)19-27(10-11-27)20-35-23-5-7-24(8-6-23)36(33,34)30-12-2-3-21-18-29-26-9-4-22(28)17-25(21)26/h4-9,17-18,29-30H,2-3,10-16,19-20H2,1H3. The molecule has 0 radical (unpaired) electrons. The molecule has 9 heteroatoms. The van der Waals surface area contributed by atoms with E-state index in [4.69, 9.17) is 16.3 Å². The molecule has 2 fully saturated rings. The van der Waals surface area contributed by atoms with Crippen molar-refractivity contribution < 1.29 is 13.2 Å². The zero-order valence-electron chi connectivity index (χ0n) is 20.8. The van der Waals surface area contributed by atoms with E-state index in [0.717, 1.165) is 61.4 Å². The molecule has 1 aromatic heterocycles. The first kappa shape index (κ1) is 25.5. The Morgan fingerprint density at radius 3 is 2.56 bits per heavy atom. The SMILES string of the molecule is CN1CCN(CC2(COc3ccc(S(=O)(=O)NCCCc4c[nH]c5ccc(Cl)cc45)cc3)CC2)CC1. The van der Waals surface area contributed by atoms with Crippen LogP contribution in [0.4, 0.5) is 0 Å². The van der Waals surface area contributed by atoms with Crippen LogP contribution >= 0.6 is 11.6 Å². The van der Waals surface area contributed by atoms with Gasteiger partial charge >= 0.3 is 0 Å². The molecule has 0 atom stereocenters. The van der Waals surface area contributed by atoms with Gasteiger partial charge in [-0.2, -0.15) is 0 Å². The number of nitrogens with zero attached hydrogens (tertiary/aromatic N) is 2. The Kier molecular flexibility index (Phi) is 7.60. The molecule has 0 amide bonds. The highest BCUT2D eigenvalue weighted by atomic mass is 35.5. The van der Waals surface area contributed by atoms with Gasteiger partial charge in [-0.3, -0.25) is 0 Å². The van der Waals surface area contributed by atoms with Crippen LogP contribution in [0.25, 0.3) is 10.9 Å². The molecule has 0 spiro atoms. The van der Waals surface area contributed by atoms with Crippen LogP contribution in [0.3, 0.4) is 0 Å². The van der Waals surface area contributed by atoms with Crippen LogP contribution in [0.1, 0.15) is 24.8 Å². The van der Waals surface area contributed by atoms with Gasteiger partial charge in [0.2, 0.25) is 10.0 Å². The second-order valence-electron chi connectivity index (χ2n) is 10.3. The first-order valence-corrected chi connectivity index (χ1v) is 14.6. The van der Waals surface area contributed by atoms with Crippen LogP contribution in [0.5, 0.6) is 5.75 Å². The molecule has 0 bridgehead atoms. The fourth-order valence-electron chi connectivity index (χ4n) is 4.88. The van der Waals surface area contributed by atoms with E-state index in [0.29, 0.717) is 24.6 Å². The molecular formula is C27H35ClN4O3S. The minimum Gasteiger partial charge on any atom is -0.493 e. The second kappa shape index (κ2) is 10.7. The molecule has 5 rings (SSSR count). The maximum Gasteiger partial charge on any atom is 0.240 e. The Bertz CT molecular complexity index is 1280. The van der Waals surface area contributed by atoms with Crippen molar-refractivity contribution in [2.75, 3.05) is 52.9 Å². The fourth-order valence-corrected chi connectivity index (χ4v) is 6.13. The summed E-state index contributed by atoms with van der Waals surface area (Å²) in [5.74, 6) is 0.719. The number of nitrogens with one attached hydrogen (secondary N) is 2. The molecule has 1 aliphatic heterocycles. The van der Waals surface area contributed by atoms with E-state index in [2.05, 4.69) is 26.6 Å². The lowest BCUT2D eigenvalue weighted by atomic mass is 10.1. The molecule has 36 heavy (non-hydrogen) atoms. The number of benzene rings is 2. The van der Waals surface area contributed by atoms with E-state index in [-0.39, 0.29) is 10.3 Å². The highest BCUT2D eigenvalue weighted by Crippen LogP contribution is 2.46. The minimum atomic E-state index is -3.57. The number of aryl methyl sites for hydroxylation is 1. The Balaban J connectivity index is 1.08. The van der Waals surface area contributed by atoms with E-state index in [1.54, 1.807) is 24.3 Å². The van der Waals surface area contributed by atoms with Crippen molar-refractivity contribution in [1.29, 1.82) is 0 Å². The van der Waals surface area contributed by atoms with Crippen molar-refractivity contribution in [3.05, 3.63) is 59.2 Å². The van der Waals surface area contributed by atoms with Crippen LogP contribution in [0, 0.1) is 5.41 Å². The number of likely N-dealkylation sites (N-methyl/N-ethyl adjacent to an activating group) is 1. The van der Waals surface area contributed by atoms with Gasteiger partial charge in [0.15, 0.2) is 0 Å². The molecule has 2 aliphatic rings. The van der Waals surface area contributed by atoms with E-state index in [9.17, 15) is 8.42 Å². The molecule has 0 unspecified atom stereocenters. The van der Waals surface area contributed by atoms with Gasteiger partial charge in [0, 0.05) is 66.8 Å². The first-order valence-electron chi connectivity index (χ1n) is 12.7. The van der Waals surface area contributed by atoms with E-state index < -0.39 is 10.0 Å². The lowest BCUT2D eigenvalue weighted by Crippen LogP contribution is -2.47. The van der Waals surface area contributed by atoms with Crippen molar-refractivity contribution in [2.45, 2.75) is 30.6 Å². The highest BCUT2D eigenvalue weighted by Gasteiger charge is 2.45. The number of aromatic amines is 1. The average Bonchev–Trinajstić information content (AvgIpc) is 3.53. The summed E-state index contributed by atoms with van der Waals surface area (Å²) in [7, 11) is -1.39. The quantitative estimate of drug-likeness (QED) is 0.364. The number of fused-ring (bicyclic) bond motifs is 1. The van der Waals surface area contributed by atoms with Crippen LogP contribution in [-0.4, -0.2) is 76.1 Å². The number of halogens is 1. The van der Waals surface area contributed by atoms with Gasteiger partial charge in [0.05, 0.1) is 11.5 Å². The van der Waals surface area contributed by atoms with Crippen LogP contribution in [-0.2, 0) is 16.4 Å². The first-order chi connectivity index (χ1) is 17.3. The zero-order chi connectivity index (χ0) is 25.2. The lowest BCUT2D eigenvalue weighted by molar-refractivity contribution is 0.110. The third kappa shape index (κ3) is 6.23. The van der Waals surface area contributed by atoms with Crippen LogP contribution in [0.2, 0.25) is 5.02 Å². The normalized spacial score (nSPS) is 18.5. The molecular weight excluding hydrogens is 496 g/mol. The summed E-state index contributed by atoms with van der Waals surface area (Å²) in [6.07, 6.45) is 5.80. The highest BCUT2D eigenvalue weighted by molar-refractivity contribution is 7.89. The zero-order valence-corrected chi connectivity index (χ0v) is 22.4. The topological polar surface area (TPSA) is 77.7 Å². The number of H-pyrrole nitrogens is 1. The molecule has 194 valence electrons. The van der Waals surface area contributed by atoms with Crippen molar-refractivity contribution in [1.82, 2.24) is 19.5 Å². The number of rotatable bonds is 11. The van der Waals surface area contributed by atoms with Crippen LogP contribution in [0.15, 0.2) is 53.6 Å². The average molecular weight is 531 g/mol. The maximum atomic E-state index is 12.7.